The maximum absolute atomic E-state index is 12.6. The smallest absolute Gasteiger partial charge is 0.395 e. The molecule has 0 aliphatic heterocycles. The molecule has 1 heterocycles. The quantitative estimate of drug-likeness (QED) is 0.862. The van der Waals surface area contributed by atoms with Gasteiger partial charge in [-0.05, 0) is 25.4 Å². The number of nitrogens with zero attached hydrogens (tertiary/aromatic N) is 3. The molecule has 1 rings (SSSR count). The highest BCUT2D eigenvalue weighted by molar-refractivity contribution is 6.28. The number of halogens is 4. The first-order valence-electron chi connectivity index (χ1n) is 5.25. The summed E-state index contributed by atoms with van der Waals surface area (Å²) >= 11 is 5.49. The predicted octanol–water partition coefficient (Wildman–Crippen LogP) is 2.36. The minimum atomic E-state index is -4.58. The molecule has 0 aromatic carbocycles. The Balaban J connectivity index is 3.19. The predicted molar refractivity (Wildman–Crippen MR) is 61.6 cm³/mol. The lowest BCUT2D eigenvalue weighted by molar-refractivity contribution is -0.141. The van der Waals surface area contributed by atoms with Crippen LogP contribution in [0, 0.1) is 0 Å². The van der Waals surface area contributed by atoms with Crippen LogP contribution >= 0.6 is 11.6 Å². The van der Waals surface area contributed by atoms with E-state index in [1.54, 1.807) is 13.8 Å². The first-order chi connectivity index (χ1) is 8.25. The third-order valence-corrected chi connectivity index (χ3v) is 2.40. The third-order valence-electron chi connectivity index (χ3n) is 2.23. The zero-order chi connectivity index (χ0) is 13.9. The number of rotatable bonds is 4. The van der Waals surface area contributed by atoms with E-state index in [1.165, 1.54) is 4.90 Å². The molecule has 0 saturated heterocycles. The van der Waals surface area contributed by atoms with E-state index in [0.717, 1.165) is 6.07 Å². The minimum Gasteiger partial charge on any atom is -0.395 e. The van der Waals surface area contributed by atoms with Gasteiger partial charge >= 0.3 is 6.18 Å². The van der Waals surface area contributed by atoms with Gasteiger partial charge in [-0.2, -0.15) is 13.2 Å². The van der Waals surface area contributed by atoms with Gasteiger partial charge in [-0.15, -0.1) is 0 Å². The first-order valence-corrected chi connectivity index (χ1v) is 5.62. The maximum atomic E-state index is 12.6. The molecule has 0 saturated carbocycles. The lowest BCUT2D eigenvalue weighted by Crippen LogP contribution is -2.34. The van der Waals surface area contributed by atoms with Crippen LogP contribution in [0.25, 0.3) is 0 Å². The summed E-state index contributed by atoms with van der Waals surface area (Å²) in [6, 6.07) is 0.700. The lowest BCUT2D eigenvalue weighted by atomic mass is 10.3. The molecule has 4 nitrogen and oxygen atoms in total. The summed E-state index contributed by atoms with van der Waals surface area (Å²) in [5.41, 5.74) is -1.10. The molecule has 8 heteroatoms. The topological polar surface area (TPSA) is 49.2 Å². The SMILES string of the molecule is CC(C)N(CCO)c1cc(C(F)(F)F)nc(Cl)n1. The second kappa shape index (κ2) is 5.71. The average Bonchev–Trinajstić information content (AvgIpc) is 2.23. The van der Waals surface area contributed by atoms with E-state index in [4.69, 9.17) is 16.7 Å². The molecule has 0 amide bonds. The molecule has 0 unspecified atom stereocenters. The van der Waals surface area contributed by atoms with Crippen LogP contribution in [-0.4, -0.2) is 34.3 Å². The highest BCUT2D eigenvalue weighted by Crippen LogP contribution is 2.30. The zero-order valence-corrected chi connectivity index (χ0v) is 10.6. The van der Waals surface area contributed by atoms with Crippen molar-refractivity contribution >= 4 is 17.4 Å². The molecule has 1 aromatic rings. The number of hydrogen-bond acceptors (Lipinski definition) is 4. The van der Waals surface area contributed by atoms with Crippen LogP contribution < -0.4 is 4.90 Å². The first kappa shape index (κ1) is 15.0. The number of aliphatic hydroxyl groups is 1. The van der Waals surface area contributed by atoms with Crippen molar-refractivity contribution in [2.45, 2.75) is 26.1 Å². The highest BCUT2D eigenvalue weighted by atomic mass is 35.5. The third kappa shape index (κ3) is 3.71. The van der Waals surface area contributed by atoms with E-state index >= 15 is 0 Å². The van der Waals surface area contributed by atoms with Crippen LogP contribution in [0.5, 0.6) is 0 Å². The van der Waals surface area contributed by atoms with Gasteiger partial charge in [0.05, 0.1) is 6.61 Å². The van der Waals surface area contributed by atoms with Crippen molar-refractivity contribution in [1.82, 2.24) is 9.97 Å². The molecular weight excluding hydrogens is 271 g/mol. The number of hydrogen-bond donors (Lipinski definition) is 1. The van der Waals surface area contributed by atoms with Gasteiger partial charge in [-0.25, -0.2) is 9.97 Å². The van der Waals surface area contributed by atoms with Crippen LogP contribution in [0.3, 0.4) is 0 Å². The lowest BCUT2D eigenvalue weighted by Gasteiger charge is -2.27. The minimum absolute atomic E-state index is 0.0476. The molecule has 0 spiro atoms. The van der Waals surface area contributed by atoms with Crippen LogP contribution in [-0.2, 0) is 6.18 Å². The number of aliphatic hydroxyl groups excluding tert-OH is 1. The number of alkyl halides is 3. The summed E-state index contributed by atoms with van der Waals surface area (Å²) in [6.07, 6.45) is -4.58. The van der Waals surface area contributed by atoms with Crippen LogP contribution in [0.1, 0.15) is 19.5 Å². The summed E-state index contributed by atoms with van der Waals surface area (Å²) in [7, 11) is 0. The molecule has 0 radical (unpaired) electrons. The van der Waals surface area contributed by atoms with Gasteiger partial charge in [-0.3, -0.25) is 0 Å². The second-order valence-corrected chi connectivity index (χ2v) is 4.23. The number of aromatic nitrogens is 2. The van der Waals surface area contributed by atoms with Crippen molar-refractivity contribution < 1.29 is 18.3 Å². The van der Waals surface area contributed by atoms with Crippen molar-refractivity contribution in [3.63, 3.8) is 0 Å². The van der Waals surface area contributed by atoms with Crippen molar-refractivity contribution in [1.29, 1.82) is 0 Å². The van der Waals surface area contributed by atoms with E-state index in [2.05, 4.69) is 9.97 Å². The van der Waals surface area contributed by atoms with E-state index in [1.807, 2.05) is 0 Å². The number of anilines is 1. The summed E-state index contributed by atoms with van der Waals surface area (Å²) < 4.78 is 37.7. The fraction of sp³-hybridized carbons (Fsp3) is 0.600. The van der Waals surface area contributed by atoms with Crippen LogP contribution in [0.15, 0.2) is 6.07 Å². The largest absolute Gasteiger partial charge is 0.433 e. The van der Waals surface area contributed by atoms with Gasteiger partial charge in [0.2, 0.25) is 5.28 Å². The zero-order valence-electron chi connectivity index (χ0n) is 9.87. The van der Waals surface area contributed by atoms with Crippen molar-refractivity contribution in [2.75, 3.05) is 18.1 Å². The van der Waals surface area contributed by atoms with Gasteiger partial charge in [0.1, 0.15) is 5.82 Å². The van der Waals surface area contributed by atoms with Crippen molar-refractivity contribution in [2.24, 2.45) is 0 Å². The Morgan fingerprint density at radius 1 is 1.39 bits per heavy atom. The summed E-state index contributed by atoms with van der Waals surface area (Å²) in [4.78, 5) is 8.42. The summed E-state index contributed by atoms with van der Waals surface area (Å²) in [5.74, 6) is 0.0476. The molecule has 0 aliphatic carbocycles. The molecule has 18 heavy (non-hydrogen) atoms. The molecule has 0 atom stereocenters. The van der Waals surface area contributed by atoms with E-state index in [0.29, 0.717) is 0 Å². The van der Waals surface area contributed by atoms with Gasteiger partial charge in [-0.1, -0.05) is 0 Å². The Bertz CT molecular complexity index is 412. The van der Waals surface area contributed by atoms with E-state index < -0.39 is 17.2 Å². The van der Waals surface area contributed by atoms with Gasteiger partial charge in [0.25, 0.3) is 0 Å². The monoisotopic (exact) mass is 283 g/mol. The van der Waals surface area contributed by atoms with E-state index in [-0.39, 0.29) is 25.0 Å². The highest BCUT2D eigenvalue weighted by Gasteiger charge is 2.34. The Morgan fingerprint density at radius 2 is 2.00 bits per heavy atom. The Hall–Kier alpha value is -1.08. The second-order valence-electron chi connectivity index (χ2n) is 3.89. The fourth-order valence-electron chi connectivity index (χ4n) is 1.44. The molecule has 1 aromatic heterocycles. The maximum Gasteiger partial charge on any atom is 0.433 e. The van der Waals surface area contributed by atoms with Crippen LogP contribution in [0.2, 0.25) is 5.28 Å². The standard InChI is InChI=1S/C10H13ClF3N3O/c1-6(2)17(3-4-18)8-5-7(10(12,13)14)15-9(11)16-8/h5-6,18H,3-4H2,1-2H3. The normalized spacial score (nSPS) is 12.0. The van der Waals surface area contributed by atoms with Gasteiger partial charge in [0.15, 0.2) is 5.69 Å². The van der Waals surface area contributed by atoms with E-state index in [9.17, 15) is 13.2 Å². The molecule has 0 aliphatic rings. The molecule has 1 N–H and O–H groups in total. The van der Waals surface area contributed by atoms with Crippen molar-refractivity contribution in [3.8, 4) is 0 Å². The van der Waals surface area contributed by atoms with Gasteiger partial charge < -0.3 is 10.0 Å². The Morgan fingerprint density at radius 3 is 2.44 bits per heavy atom. The Labute approximate surface area is 107 Å². The molecule has 0 bridgehead atoms. The van der Waals surface area contributed by atoms with Crippen LogP contribution in [0.4, 0.5) is 19.0 Å². The van der Waals surface area contributed by atoms with Crippen molar-refractivity contribution in [3.05, 3.63) is 17.0 Å². The molecule has 102 valence electrons. The van der Waals surface area contributed by atoms with Gasteiger partial charge in [0, 0.05) is 18.7 Å². The summed E-state index contributed by atoms with van der Waals surface area (Å²) in [5, 5.41) is 8.44. The fourth-order valence-corrected chi connectivity index (χ4v) is 1.62. The summed E-state index contributed by atoms with van der Waals surface area (Å²) in [6.45, 7) is 3.53. The Kier molecular flexibility index (Phi) is 4.75. The molecular formula is C10H13ClF3N3O. The molecule has 0 fully saturated rings. The average molecular weight is 284 g/mol.